The summed E-state index contributed by atoms with van der Waals surface area (Å²) in [5, 5.41) is 12.2. The lowest BCUT2D eigenvalue weighted by molar-refractivity contribution is -0.0321. The molecule has 20 heavy (non-hydrogen) atoms. The summed E-state index contributed by atoms with van der Waals surface area (Å²) in [6.45, 7) is 0. The van der Waals surface area contributed by atoms with E-state index >= 15 is 0 Å². The van der Waals surface area contributed by atoms with Gasteiger partial charge in [0.2, 0.25) is 0 Å². The Bertz CT molecular complexity index is 462. The van der Waals surface area contributed by atoms with Gasteiger partial charge in [0, 0.05) is 16.5 Å². The zero-order chi connectivity index (χ0) is 14.2. The highest BCUT2D eigenvalue weighted by atomic mass is 35.5. The van der Waals surface area contributed by atoms with Gasteiger partial charge in [-0.05, 0) is 61.6 Å². The van der Waals surface area contributed by atoms with Gasteiger partial charge >= 0.3 is 0 Å². The van der Waals surface area contributed by atoms with E-state index in [2.05, 4.69) is 0 Å². The van der Waals surface area contributed by atoms with E-state index in [9.17, 15) is 5.11 Å². The predicted molar refractivity (Wildman–Crippen MR) is 84.5 cm³/mol. The third kappa shape index (κ3) is 2.86. The molecule has 0 radical (unpaired) electrons. The van der Waals surface area contributed by atoms with Crippen LogP contribution in [0.4, 0.5) is 0 Å². The summed E-state index contributed by atoms with van der Waals surface area (Å²) in [5.74, 6) is 0. The molecule has 3 rings (SSSR count). The minimum atomic E-state index is -0.623. The third-order valence-electron chi connectivity index (χ3n) is 5.47. The molecule has 1 aromatic carbocycles. The Balaban J connectivity index is 1.72. The summed E-state index contributed by atoms with van der Waals surface area (Å²) in [5.41, 5.74) is 0.819. The van der Waals surface area contributed by atoms with Crippen LogP contribution in [0.3, 0.4) is 0 Å². The van der Waals surface area contributed by atoms with Crippen molar-refractivity contribution in [2.45, 2.75) is 63.4 Å². The molecule has 0 aliphatic heterocycles. The van der Waals surface area contributed by atoms with Gasteiger partial charge in [-0.15, -0.1) is 0 Å². The maximum atomic E-state index is 10.9. The smallest absolute Gasteiger partial charge is 0.0689 e. The standard InChI is InChI=1S/C17H22Cl2O/c18-14-4-3-5-15(19)13(14)12-17(20)10-8-16(9-11-17)6-1-2-7-16/h3-5,20H,1-2,6-12H2. The summed E-state index contributed by atoms with van der Waals surface area (Å²) in [7, 11) is 0. The quantitative estimate of drug-likeness (QED) is 0.775. The maximum Gasteiger partial charge on any atom is 0.0689 e. The molecular weight excluding hydrogens is 291 g/mol. The van der Waals surface area contributed by atoms with Gasteiger partial charge in [0.1, 0.15) is 0 Å². The number of rotatable bonds is 2. The Morgan fingerprint density at radius 2 is 1.45 bits per heavy atom. The highest BCUT2D eigenvalue weighted by Gasteiger charge is 2.43. The Labute approximate surface area is 131 Å². The highest BCUT2D eigenvalue weighted by molar-refractivity contribution is 6.36. The van der Waals surface area contributed by atoms with E-state index in [0.717, 1.165) is 31.2 Å². The van der Waals surface area contributed by atoms with Gasteiger partial charge in [-0.25, -0.2) is 0 Å². The topological polar surface area (TPSA) is 20.2 Å². The van der Waals surface area contributed by atoms with Crippen molar-refractivity contribution in [3.8, 4) is 0 Å². The molecule has 1 aromatic rings. The summed E-state index contributed by atoms with van der Waals surface area (Å²) in [6.07, 6.45) is 10.1. The van der Waals surface area contributed by atoms with Gasteiger partial charge in [-0.2, -0.15) is 0 Å². The molecule has 0 saturated heterocycles. The van der Waals surface area contributed by atoms with Gasteiger partial charge in [0.25, 0.3) is 0 Å². The zero-order valence-corrected chi connectivity index (χ0v) is 13.3. The van der Waals surface area contributed by atoms with E-state index in [1.165, 1.54) is 25.7 Å². The van der Waals surface area contributed by atoms with Crippen molar-refractivity contribution >= 4 is 23.2 Å². The van der Waals surface area contributed by atoms with Crippen LogP contribution >= 0.6 is 23.2 Å². The van der Waals surface area contributed by atoms with Gasteiger partial charge in [-0.3, -0.25) is 0 Å². The Morgan fingerprint density at radius 3 is 2.00 bits per heavy atom. The van der Waals surface area contributed by atoms with Crippen LogP contribution < -0.4 is 0 Å². The first kappa shape index (κ1) is 14.7. The molecule has 1 spiro atoms. The molecule has 3 heteroatoms. The first-order valence-electron chi connectivity index (χ1n) is 7.67. The van der Waals surface area contributed by atoms with Gasteiger partial charge in [0.15, 0.2) is 0 Å². The fourth-order valence-electron chi connectivity index (χ4n) is 4.08. The second-order valence-corrected chi connectivity index (χ2v) is 7.62. The molecule has 2 aliphatic rings. The van der Waals surface area contributed by atoms with Crippen molar-refractivity contribution in [3.63, 3.8) is 0 Å². The first-order valence-corrected chi connectivity index (χ1v) is 8.43. The fraction of sp³-hybridized carbons (Fsp3) is 0.647. The molecule has 0 bridgehead atoms. The minimum Gasteiger partial charge on any atom is -0.390 e. The van der Waals surface area contributed by atoms with Gasteiger partial charge < -0.3 is 5.11 Å². The lowest BCUT2D eigenvalue weighted by Crippen LogP contribution is -2.40. The molecule has 0 heterocycles. The Morgan fingerprint density at radius 1 is 0.900 bits per heavy atom. The molecule has 110 valence electrons. The molecule has 0 unspecified atom stereocenters. The van der Waals surface area contributed by atoms with Crippen LogP contribution in [0, 0.1) is 5.41 Å². The van der Waals surface area contributed by atoms with Gasteiger partial charge in [0.05, 0.1) is 5.60 Å². The lowest BCUT2D eigenvalue weighted by Gasteiger charge is -2.42. The van der Waals surface area contributed by atoms with Crippen molar-refractivity contribution in [3.05, 3.63) is 33.8 Å². The minimum absolute atomic E-state index is 0.538. The summed E-state index contributed by atoms with van der Waals surface area (Å²) >= 11 is 12.5. The number of benzene rings is 1. The van der Waals surface area contributed by atoms with E-state index in [-0.39, 0.29) is 0 Å². The van der Waals surface area contributed by atoms with Crippen LogP contribution in [0.2, 0.25) is 10.0 Å². The van der Waals surface area contributed by atoms with Crippen LogP contribution in [-0.2, 0) is 6.42 Å². The number of halogens is 2. The molecule has 1 nitrogen and oxygen atoms in total. The number of hydrogen-bond donors (Lipinski definition) is 1. The maximum absolute atomic E-state index is 10.9. The first-order chi connectivity index (χ1) is 9.52. The highest BCUT2D eigenvalue weighted by Crippen LogP contribution is 2.52. The van der Waals surface area contributed by atoms with Crippen molar-refractivity contribution < 1.29 is 5.11 Å². The average Bonchev–Trinajstić information content (AvgIpc) is 2.88. The molecular formula is C17H22Cl2O. The fourth-order valence-corrected chi connectivity index (χ4v) is 4.61. The average molecular weight is 313 g/mol. The van der Waals surface area contributed by atoms with E-state index in [4.69, 9.17) is 23.2 Å². The van der Waals surface area contributed by atoms with Crippen LogP contribution in [0.1, 0.15) is 56.9 Å². The monoisotopic (exact) mass is 312 g/mol. The Hall–Kier alpha value is -0.240. The van der Waals surface area contributed by atoms with Crippen molar-refractivity contribution in [1.29, 1.82) is 0 Å². The largest absolute Gasteiger partial charge is 0.390 e. The normalized spacial score (nSPS) is 24.1. The van der Waals surface area contributed by atoms with E-state index < -0.39 is 5.60 Å². The van der Waals surface area contributed by atoms with Crippen LogP contribution in [0.15, 0.2) is 18.2 Å². The second kappa shape index (κ2) is 5.51. The predicted octanol–water partition coefficient (Wildman–Crippen LogP) is 5.40. The third-order valence-corrected chi connectivity index (χ3v) is 6.18. The van der Waals surface area contributed by atoms with Crippen molar-refractivity contribution in [2.24, 2.45) is 5.41 Å². The number of hydrogen-bond acceptors (Lipinski definition) is 1. The molecule has 0 amide bonds. The molecule has 2 fully saturated rings. The summed E-state index contributed by atoms with van der Waals surface area (Å²) < 4.78 is 0. The van der Waals surface area contributed by atoms with Crippen LogP contribution in [0.25, 0.3) is 0 Å². The molecule has 0 aromatic heterocycles. The zero-order valence-electron chi connectivity index (χ0n) is 11.8. The molecule has 2 aliphatic carbocycles. The molecule has 2 saturated carbocycles. The summed E-state index contributed by atoms with van der Waals surface area (Å²) in [6, 6.07) is 5.56. The number of aliphatic hydroxyl groups is 1. The molecule has 0 atom stereocenters. The van der Waals surface area contributed by atoms with E-state index in [1.54, 1.807) is 0 Å². The van der Waals surface area contributed by atoms with Crippen LogP contribution in [0.5, 0.6) is 0 Å². The lowest BCUT2D eigenvalue weighted by atomic mass is 9.66. The molecule has 1 N–H and O–H groups in total. The van der Waals surface area contributed by atoms with Crippen molar-refractivity contribution in [2.75, 3.05) is 0 Å². The second-order valence-electron chi connectivity index (χ2n) is 6.81. The SMILES string of the molecule is OC1(Cc2c(Cl)cccc2Cl)CCC2(CCCC2)CC1. The summed E-state index contributed by atoms with van der Waals surface area (Å²) in [4.78, 5) is 0. The van der Waals surface area contributed by atoms with E-state index in [1.807, 2.05) is 18.2 Å². The van der Waals surface area contributed by atoms with Crippen molar-refractivity contribution in [1.82, 2.24) is 0 Å². The van der Waals surface area contributed by atoms with Crippen LogP contribution in [-0.4, -0.2) is 10.7 Å². The van der Waals surface area contributed by atoms with E-state index in [0.29, 0.717) is 21.9 Å². The Kier molecular flexibility index (Phi) is 4.05. The van der Waals surface area contributed by atoms with Gasteiger partial charge in [-0.1, -0.05) is 42.1 Å².